The fourth-order valence-electron chi connectivity index (χ4n) is 3.11. The van der Waals surface area contributed by atoms with Crippen LogP contribution in [0.5, 0.6) is 5.75 Å². The van der Waals surface area contributed by atoms with Gasteiger partial charge in [0, 0.05) is 9.37 Å². The average molecular weight is 504 g/mol. The SMILES string of the molecule is Cc1ccc(S[C@H]2C(=O)c3cc(Br)cc(Br)c3O[C@H]2c2ccccc2)cc1. The summed E-state index contributed by atoms with van der Waals surface area (Å²) in [6.07, 6.45) is -0.352. The molecule has 5 heteroatoms. The number of carbonyl (C=O) groups excluding carboxylic acids is 1. The van der Waals surface area contributed by atoms with E-state index in [1.54, 1.807) is 11.8 Å². The molecule has 0 radical (unpaired) electrons. The van der Waals surface area contributed by atoms with Crippen LogP contribution in [0.1, 0.15) is 27.6 Å². The molecule has 0 spiro atoms. The van der Waals surface area contributed by atoms with Gasteiger partial charge in [-0.3, -0.25) is 4.79 Å². The Bertz CT molecular complexity index is 987. The maximum atomic E-state index is 13.4. The van der Waals surface area contributed by atoms with Crippen molar-refractivity contribution in [2.24, 2.45) is 0 Å². The number of rotatable bonds is 3. The third-order valence-corrected chi connectivity index (χ3v) is 6.77. The van der Waals surface area contributed by atoms with E-state index in [1.807, 2.05) is 42.5 Å². The minimum atomic E-state index is -0.358. The van der Waals surface area contributed by atoms with E-state index in [1.165, 1.54) is 5.56 Å². The smallest absolute Gasteiger partial charge is 0.184 e. The molecular weight excluding hydrogens is 488 g/mol. The lowest BCUT2D eigenvalue weighted by Gasteiger charge is -2.33. The largest absolute Gasteiger partial charge is 0.482 e. The second-order valence-electron chi connectivity index (χ2n) is 6.43. The Kier molecular flexibility index (Phi) is 5.44. The number of aryl methyl sites for hydroxylation is 1. The molecule has 2 atom stereocenters. The van der Waals surface area contributed by atoms with Crippen molar-refractivity contribution in [1.82, 2.24) is 0 Å². The van der Waals surface area contributed by atoms with Crippen molar-refractivity contribution in [2.45, 2.75) is 23.2 Å². The van der Waals surface area contributed by atoms with Gasteiger partial charge in [-0.15, -0.1) is 11.8 Å². The number of carbonyl (C=O) groups is 1. The molecule has 0 bridgehead atoms. The van der Waals surface area contributed by atoms with Crippen molar-refractivity contribution in [3.63, 3.8) is 0 Å². The molecule has 136 valence electrons. The number of ketones is 1. The quantitative estimate of drug-likeness (QED) is 0.385. The van der Waals surface area contributed by atoms with Crippen molar-refractivity contribution < 1.29 is 9.53 Å². The van der Waals surface area contributed by atoms with Crippen molar-refractivity contribution in [2.75, 3.05) is 0 Å². The van der Waals surface area contributed by atoms with Gasteiger partial charge in [0.15, 0.2) is 5.78 Å². The van der Waals surface area contributed by atoms with Crippen molar-refractivity contribution in [3.8, 4) is 5.75 Å². The zero-order valence-corrected chi connectivity index (χ0v) is 18.5. The van der Waals surface area contributed by atoms with Gasteiger partial charge in [0.2, 0.25) is 0 Å². The molecule has 0 aromatic heterocycles. The number of ether oxygens (including phenoxy) is 1. The van der Waals surface area contributed by atoms with Gasteiger partial charge in [0.25, 0.3) is 0 Å². The fraction of sp³-hybridized carbons (Fsp3) is 0.136. The van der Waals surface area contributed by atoms with Crippen LogP contribution in [-0.4, -0.2) is 11.0 Å². The molecule has 27 heavy (non-hydrogen) atoms. The Morgan fingerprint density at radius 3 is 2.37 bits per heavy atom. The Hall–Kier alpha value is -1.56. The Balaban J connectivity index is 1.79. The molecule has 0 N–H and O–H groups in total. The third kappa shape index (κ3) is 3.86. The first-order valence-electron chi connectivity index (χ1n) is 8.51. The van der Waals surface area contributed by atoms with Crippen LogP contribution in [-0.2, 0) is 0 Å². The highest BCUT2D eigenvalue weighted by molar-refractivity contribution is 9.11. The Labute approximate surface area is 179 Å². The molecule has 3 aromatic rings. The Morgan fingerprint density at radius 2 is 1.67 bits per heavy atom. The first kappa shape index (κ1) is 18.8. The normalized spacial score (nSPS) is 18.7. The number of hydrogen-bond acceptors (Lipinski definition) is 3. The standard InChI is InChI=1S/C22H16Br2O2S/c1-13-7-9-16(10-8-13)27-22-19(25)17-11-15(23)12-18(24)21(17)26-20(22)14-5-3-2-4-6-14/h2-12,20,22H,1H3/t20-,22-/m0/s1. The summed E-state index contributed by atoms with van der Waals surface area (Å²) < 4.78 is 8.00. The van der Waals surface area contributed by atoms with Crippen molar-refractivity contribution in [3.05, 3.63) is 92.4 Å². The lowest BCUT2D eigenvalue weighted by atomic mass is 9.96. The number of benzene rings is 3. The average Bonchev–Trinajstić information content (AvgIpc) is 2.66. The van der Waals surface area contributed by atoms with Crippen molar-refractivity contribution >= 4 is 49.4 Å². The summed E-state index contributed by atoms with van der Waals surface area (Å²) in [6, 6.07) is 21.9. The van der Waals surface area contributed by atoms with E-state index in [9.17, 15) is 4.79 Å². The van der Waals surface area contributed by atoms with Gasteiger partial charge in [0.1, 0.15) is 17.1 Å². The number of halogens is 2. The molecule has 1 aliphatic heterocycles. The third-order valence-electron chi connectivity index (χ3n) is 4.46. The predicted molar refractivity (Wildman–Crippen MR) is 117 cm³/mol. The first-order chi connectivity index (χ1) is 13.0. The van der Waals surface area contributed by atoms with Crippen LogP contribution in [0, 0.1) is 6.92 Å². The van der Waals surface area contributed by atoms with E-state index in [0.29, 0.717) is 11.3 Å². The topological polar surface area (TPSA) is 26.3 Å². The minimum Gasteiger partial charge on any atom is -0.482 e. The predicted octanol–water partition coefficient (Wildman–Crippen LogP) is 7.00. The summed E-state index contributed by atoms with van der Waals surface area (Å²) >= 11 is 8.57. The lowest BCUT2D eigenvalue weighted by Crippen LogP contribution is -2.34. The molecular formula is C22H16Br2O2S. The summed E-state index contributed by atoms with van der Waals surface area (Å²) in [4.78, 5) is 14.5. The monoisotopic (exact) mass is 502 g/mol. The second kappa shape index (κ2) is 7.82. The summed E-state index contributed by atoms with van der Waals surface area (Å²) in [5.74, 6) is 0.690. The molecule has 1 aliphatic rings. The number of Topliss-reactive ketones (excluding diaryl/α,β-unsaturated/α-hetero) is 1. The van der Waals surface area contributed by atoms with E-state index in [2.05, 4.69) is 63.0 Å². The van der Waals surface area contributed by atoms with Gasteiger partial charge in [-0.25, -0.2) is 0 Å². The summed E-state index contributed by atoms with van der Waals surface area (Å²) in [5, 5.41) is -0.358. The van der Waals surface area contributed by atoms with Crippen LogP contribution in [0.25, 0.3) is 0 Å². The van der Waals surface area contributed by atoms with E-state index in [4.69, 9.17) is 4.74 Å². The molecule has 0 amide bonds. The van der Waals surface area contributed by atoms with Gasteiger partial charge in [-0.1, -0.05) is 64.0 Å². The van der Waals surface area contributed by atoms with Gasteiger partial charge in [0.05, 0.1) is 10.0 Å². The van der Waals surface area contributed by atoms with E-state index in [-0.39, 0.29) is 17.1 Å². The molecule has 0 aliphatic carbocycles. The summed E-state index contributed by atoms with van der Waals surface area (Å²) in [6.45, 7) is 2.06. The van der Waals surface area contributed by atoms with Crippen molar-refractivity contribution in [1.29, 1.82) is 0 Å². The van der Waals surface area contributed by atoms with Crippen LogP contribution in [0.2, 0.25) is 0 Å². The molecule has 0 saturated heterocycles. The highest BCUT2D eigenvalue weighted by Gasteiger charge is 2.40. The maximum Gasteiger partial charge on any atom is 0.184 e. The van der Waals surface area contributed by atoms with Crippen LogP contribution in [0.3, 0.4) is 0 Å². The summed E-state index contributed by atoms with van der Waals surface area (Å²) in [7, 11) is 0. The van der Waals surface area contributed by atoms with Crippen LogP contribution in [0.15, 0.2) is 80.6 Å². The van der Waals surface area contributed by atoms with E-state index >= 15 is 0 Å². The number of fused-ring (bicyclic) bond motifs is 1. The van der Waals surface area contributed by atoms with Gasteiger partial charge < -0.3 is 4.74 Å². The molecule has 0 saturated carbocycles. The fourth-order valence-corrected chi connectivity index (χ4v) is 5.58. The maximum absolute atomic E-state index is 13.4. The van der Waals surface area contributed by atoms with Crippen LogP contribution in [0.4, 0.5) is 0 Å². The molecule has 4 rings (SSSR count). The zero-order valence-electron chi connectivity index (χ0n) is 14.5. The molecule has 1 heterocycles. The van der Waals surface area contributed by atoms with Gasteiger partial charge in [-0.2, -0.15) is 0 Å². The van der Waals surface area contributed by atoms with E-state index in [0.717, 1.165) is 19.4 Å². The number of hydrogen-bond donors (Lipinski definition) is 0. The molecule has 0 fully saturated rings. The molecule has 2 nitrogen and oxygen atoms in total. The van der Waals surface area contributed by atoms with Crippen LogP contribution < -0.4 is 4.74 Å². The minimum absolute atomic E-state index is 0.0812. The second-order valence-corrected chi connectivity index (χ2v) is 9.41. The highest BCUT2D eigenvalue weighted by atomic mass is 79.9. The van der Waals surface area contributed by atoms with Crippen LogP contribution >= 0.6 is 43.6 Å². The van der Waals surface area contributed by atoms with E-state index < -0.39 is 0 Å². The van der Waals surface area contributed by atoms with Gasteiger partial charge >= 0.3 is 0 Å². The summed E-state index contributed by atoms with van der Waals surface area (Å²) in [5.41, 5.74) is 2.80. The number of thioether (sulfide) groups is 1. The first-order valence-corrected chi connectivity index (χ1v) is 11.0. The molecule has 3 aromatic carbocycles. The Morgan fingerprint density at radius 1 is 0.963 bits per heavy atom. The van der Waals surface area contributed by atoms with Gasteiger partial charge in [-0.05, 0) is 52.7 Å². The lowest BCUT2D eigenvalue weighted by molar-refractivity contribution is 0.0865. The highest BCUT2D eigenvalue weighted by Crippen LogP contribution is 2.46. The zero-order chi connectivity index (χ0) is 19.0. The molecule has 0 unspecified atom stereocenters.